The topological polar surface area (TPSA) is 83.9 Å². The number of benzene rings is 1. The summed E-state index contributed by atoms with van der Waals surface area (Å²) in [6.07, 6.45) is 2.98. The minimum Gasteiger partial charge on any atom is -0.495 e. The Bertz CT molecular complexity index is 637. The van der Waals surface area contributed by atoms with Gasteiger partial charge in [0, 0.05) is 19.7 Å². The first kappa shape index (κ1) is 17.2. The minimum atomic E-state index is -3.68. The maximum absolute atomic E-state index is 12.5. The van der Waals surface area contributed by atoms with E-state index in [-0.39, 0.29) is 10.6 Å². The van der Waals surface area contributed by atoms with Crippen molar-refractivity contribution in [3.05, 3.63) is 29.8 Å². The van der Waals surface area contributed by atoms with Gasteiger partial charge in [-0.05, 0) is 30.2 Å². The molecule has 1 rings (SSSR count). The molecule has 0 bridgehead atoms. The highest BCUT2D eigenvalue weighted by atomic mass is 32.2. The van der Waals surface area contributed by atoms with Gasteiger partial charge in [0.1, 0.15) is 10.6 Å². The number of hydrogen-bond acceptors (Lipinski definition) is 4. The predicted octanol–water partition coefficient (Wildman–Crippen LogP) is 1.82. The first-order valence-electron chi connectivity index (χ1n) is 6.38. The summed E-state index contributed by atoms with van der Waals surface area (Å²) in [6.45, 7) is 2.27. The number of carboxylic acid groups (broad SMARTS) is 1. The van der Waals surface area contributed by atoms with Gasteiger partial charge in [-0.1, -0.05) is 13.0 Å². The third kappa shape index (κ3) is 4.30. The zero-order valence-corrected chi connectivity index (χ0v) is 13.1. The molecule has 7 heteroatoms. The SMILES string of the molecule is CCCN(C)S(=O)(=O)c1cc(/C=C/C(=O)O)ccc1OC. The van der Waals surface area contributed by atoms with Gasteiger partial charge in [0.05, 0.1) is 7.11 Å². The molecule has 21 heavy (non-hydrogen) atoms. The number of carbonyl (C=O) groups is 1. The van der Waals surface area contributed by atoms with Crippen LogP contribution in [0, 0.1) is 0 Å². The van der Waals surface area contributed by atoms with Gasteiger partial charge in [-0.15, -0.1) is 0 Å². The second-order valence-corrected chi connectivity index (χ2v) is 6.42. The van der Waals surface area contributed by atoms with Crippen molar-refractivity contribution in [2.24, 2.45) is 0 Å². The summed E-state index contributed by atoms with van der Waals surface area (Å²) in [4.78, 5) is 10.6. The standard InChI is InChI=1S/C14H19NO5S/c1-4-9-15(2)21(18,19)13-10-11(6-8-14(16)17)5-7-12(13)20-3/h5-8,10H,4,9H2,1-3H3,(H,16,17)/b8-6+. The largest absolute Gasteiger partial charge is 0.495 e. The Balaban J connectivity index is 3.32. The van der Waals surface area contributed by atoms with Crippen molar-refractivity contribution in [1.29, 1.82) is 0 Å². The zero-order valence-electron chi connectivity index (χ0n) is 12.2. The molecule has 6 nitrogen and oxygen atoms in total. The Hall–Kier alpha value is -1.86. The van der Waals surface area contributed by atoms with Gasteiger partial charge in [0.2, 0.25) is 10.0 Å². The van der Waals surface area contributed by atoms with E-state index in [1.165, 1.54) is 36.7 Å². The molecule has 1 aromatic carbocycles. The van der Waals surface area contributed by atoms with E-state index in [0.717, 1.165) is 6.08 Å². The molecule has 0 saturated heterocycles. The van der Waals surface area contributed by atoms with E-state index in [4.69, 9.17) is 9.84 Å². The normalized spacial score (nSPS) is 12.0. The van der Waals surface area contributed by atoms with Crippen LogP contribution in [0.2, 0.25) is 0 Å². The lowest BCUT2D eigenvalue weighted by molar-refractivity contribution is -0.131. The van der Waals surface area contributed by atoms with Crippen LogP contribution in [0.5, 0.6) is 5.75 Å². The first-order chi connectivity index (χ1) is 9.82. The molecule has 0 unspecified atom stereocenters. The zero-order chi connectivity index (χ0) is 16.0. The number of carboxylic acids is 1. The smallest absolute Gasteiger partial charge is 0.328 e. The Morgan fingerprint density at radius 2 is 2.10 bits per heavy atom. The third-order valence-electron chi connectivity index (χ3n) is 2.83. The van der Waals surface area contributed by atoms with Gasteiger partial charge >= 0.3 is 5.97 Å². The van der Waals surface area contributed by atoms with Crippen LogP contribution in [0.25, 0.3) is 6.08 Å². The molecule has 0 aliphatic rings. The van der Waals surface area contributed by atoms with Gasteiger partial charge in [-0.2, -0.15) is 0 Å². The van der Waals surface area contributed by atoms with Crippen molar-refractivity contribution >= 4 is 22.1 Å². The van der Waals surface area contributed by atoms with Crippen molar-refractivity contribution in [1.82, 2.24) is 4.31 Å². The maximum atomic E-state index is 12.5. The highest BCUT2D eigenvalue weighted by molar-refractivity contribution is 7.89. The summed E-state index contributed by atoms with van der Waals surface area (Å²) in [7, 11) is -0.790. The molecular weight excluding hydrogens is 294 g/mol. The molecule has 0 fully saturated rings. The van der Waals surface area contributed by atoms with Crippen molar-refractivity contribution in [3.63, 3.8) is 0 Å². The lowest BCUT2D eigenvalue weighted by Crippen LogP contribution is -2.28. The van der Waals surface area contributed by atoms with Crippen LogP contribution < -0.4 is 4.74 Å². The van der Waals surface area contributed by atoms with Crippen molar-refractivity contribution < 1.29 is 23.1 Å². The highest BCUT2D eigenvalue weighted by Crippen LogP contribution is 2.27. The second-order valence-electron chi connectivity index (χ2n) is 4.41. The molecule has 1 N–H and O–H groups in total. The summed E-state index contributed by atoms with van der Waals surface area (Å²) in [5.41, 5.74) is 0.474. The number of rotatable bonds is 7. The number of sulfonamides is 1. The number of hydrogen-bond donors (Lipinski definition) is 1. The number of nitrogens with zero attached hydrogens (tertiary/aromatic N) is 1. The molecule has 0 radical (unpaired) electrons. The van der Waals surface area contributed by atoms with Crippen molar-refractivity contribution in [3.8, 4) is 5.75 Å². The third-order valence-corrected chi connectivity index (χ3v) is 4.71. The number of methoxy groups -OCH3 is 1. The summed E-state index contributed by atoms with van der Waals surface area (Å²) in [5, 5.41) is 8.62. The summed E-state index contributed by atoms with van der Waals surface area (Å²) in [5.74, 6) is -0.872. The van der Waals surface area contributed by atoms with Crippen LogP contribution in [-0.2, 0) is 14.8 Å². The average molecular weight is 313 g/mol. The Labute approximate surface area is 124 Å². The van der Waals surface area contributed by atoms with E-state index in [0.29, 0.717) is 18.5 Å². The van der Waals surface area contributed by atoms with Crippen LogP contribution in [-0.4, -0.2) is 44.5 Å². The van der Waals surface area contributed by atoms with Gasteiger partial charge in [0.25, 0.3) is 0 Å². The molecule has 0 spiro atoms. The average Bonchev–Trinajstić information content (AvgIpc) is 2.44. The summed E-state index contributed by atoms with van der Waals surface area (Å²) >= 11 is 0. The Morgan fingerprint density at radius 3 is 2.62 bits per heavy atom. The minimum absolute atomic E-state index is 0.0217. The number of ether oxygens (including phenoxy) is 1. The molecule has 0 aliphatic heterocycles. The fourth-order valence-electron chi connectivity index (χ4n) is 1.77. The molecule has 1 aromatic rings. The van der Waals surface area contributed by atoms with Crippen LogP contribution in [0.3, 0.4) is 0 Å². The quantitative estimate of drug-likeness (QED) is 0.776. The highest BCUT2D eigenvalue weighted by Gasteiger charge is 2.24. The van der Waals surface area contributed by atoms with Gasteiger partial charge in [-0.25, -0.2) is 17.5 Å². The Kier molecular flexibility index (Phi) is 5.92. The van der Waals surface area contributed by atoms with Gasteiger partial charge < -0.3 is 9.84 Å². The summed E-state index contributed by atoms with van der Waals surface area (Å²) < 4.78 is 31.3. The lowest BCUT2D eigenvalue weighted by Gasteiger charge is -2.18. The molecule has 0 amide bonds. The molecule has 0 heterocycles. The fourth-order valence-corrected chi connectivity index (χ4v) is 3.22. The molecule has 0 aromatic heterocycles. The van der Waals surface area contributed by atoms with E-state index >= 15 is 0 Å². The van der Waals surface area contributed by atoms with E-state index < -0.39 is 16.0 Å². The lowest BCUT2D eigenvalue weighted by atomic mass is 10.2. The van der Waals surface area contributed by atoms with Crippen LogP contribution in [0.1, 0.15) is 18.9 Å². The predicted molar refractivity (Wildman–Crippen MR) is 79.8 cm³/mol. The van der Waals surface area contributed by atoms with Crippen LogP contribution in [0.15, 0.2) is 29.2 Å². The van der Waals surface area contributed by atoms with Crippen LogP contribution in [0.4, 0.5) is 0 Å². The molecule has 0 aliphatic carbocycles. The number of aliphatic carboxylic acids is 1. The fraction of sp³-hybridized carbons (Fsp3) is 0.357. The molecular formula is C14H19NO5S. The monoisotopic (exact) mass is 313 g/mol. The van der Waals surface area contributed by atoms with Crippen molar-refractivity contribution in [2.45, 2.75) is 18.2 Å². The van der Waals surface area contributed by atoms with Gasteiger partial charge in [0.15, 0.2) is 0 Å². The van der Waals surface area contributed by atoms with E-state index in [1.807, 2.05) is 6.92 Å². The van der Waals surface area contributed by atoms with E-state index in [1.54, 1.807) is 6.07 Å². The molecule has 0 saturated carbocycles. The van der Waals surface area contributed by atoms with Crippen molar-refractivity contribution in [2.75, 3.05) is 20.7 Å². The Morgan fingerprint density at radius 1 is 1.43 bits per heavy atom. The van der Waals surface area contributed by atoms with Crippen LogP contribution >= 0.6 is 0 Å². The molecule has 0 atom stereocenters. The van der Waals surface area contributed by atoms with Gasteiger partial charge in [-0.3, -0.25) is 0 Å². The molecule has 116 valence electrons. The first-order valence-corrected chi connectivity index (χ1v) is 7.82. The van der Waals surface area contributed by atoms with E-state index in [2.05, 4.69) is 0 Å². The van der Waals surface area contributed by atoms with E-state index in [9.17, 15) is 13.2 Å². The second kappa shape index (κ2) is 7.24. The summed E-state index contributed by atoms with van der Waals surface area (Å²) in [6, 6.07) is 4.51. The maximum Gasteiger partial charge on any atom is 0.328 e.